The number of hydrogen-bond acceptors (Lipinski definition) is 4. The molecular weight excluding hydrogens is 390 g/mol. The number of rotatable bonds is 6. The van der Waals surface area contributed by atoms with E-state index < -0.39 is 10.0 Å². The van der Waals surface area contributed by atoms with Crippen molar-refractivity contribution >= 4 is 15.9 Å². The quantitative estimate of drug-likeness (QED) is 0.702. The molecule has 1 aliphatic heterocycles. The average Bonchev–Trinajstić information content (AvgIpc) is 2.75. The van der Waals surface area contributed by atoms with Gasteiger partial charge in [-0.3, -0.25) is 9.63 Å². The van der Waals surface area contributed by atoms with Crippen molar-refractivity contribution in [1.29, 1.82) is 0 Å². The maximum atomic E-state index is 12.9. The smallest absolute Gasteiger partial charge is 0.264 e. The van der Waals surface area contributed by atoms with Crippen LogP contribution >= 0.6 is 0 Å². The first kappa shape index (κ1) is 21.4. The molecule has 1 aliphatic rings. The zero-order chi connectivity index (χ0) is 21.0. The van der Waals surface area contributed by atoms with Crippen molar-refractivity contribution < 1.29 is 22.9 Å². The second-order valence-electron chi connectivity index (χ2n) is 7.27. The summed E-state index contributed by atoms with van der Waals surface area (Å²) in [7, 11) is -1.18. The molecule has 0 spiro atoms. The highest BCUT2D eigenvalue weighted by atomic mass is 32.2. The van der Waals surface area contributed by atoms with E-state index >= 15 is 0 Å². The first-order chi connectivity index (χ1) is 13.8. The van der Waals surface area contributed by atoms with Crippen molar-refractivity contribution in [3.8, 4) is 0 Å². The van der Waals surface area contributed by atoms with Crippen LogP contribution in [-0.2, 0) is 21.4 Å². The Hall–Kier alpha value is -2.26. The van der Waals surface area contributed by atoms with Gasteiger partial charge in [0.2, 0.25) is 0 Å². The number of nitrogens with one attached hydrogen (secondary N) is 1. The summed E-state index contributed by atoms with van der Waals surface area (Å²) in [5.74, 6) is -0.142. The summed E-state index contributed by atoms with van der Waals surface area (Å²) >= 11 is 0. The van der Waals surface area contributed by atoms with E-state index in [1.165, 1.54) is 42.3 Å². The Morgan fingerprint density at radius 3 is 2.48 bits per heavy atom. The van der Waals surface area contributed by atoms with Gasteiger partial charge in [0, 0.05) is 18.2 Å². The Morgan fingerprint density at radius 2 is 1.83 bits per heavy atom. The molecule has 0 aromatic heterocycles. The van der Waals surface area contributed by atoms with Gasteiger partial charge in [0.25, 0.3) is 15.9 Å². The summed E-state index contributed by atoms with van der Waals surface area (Å²) in [4.78, 5) is 21.0. The van der Waals surface area contributed by atoms with E-state index in [2.05, 4.69) is 25.1 Å². The van der Waals surface area contributed by atoms with Crippen LogP contribution in [-0.4, -0.2) is 64.0 Å². The monoisotopic (exact) mass is 418 g/mol. The molecule has 7 nitrogen and oxygen atoms in total. The maximum Gasteiger partial charge on any atom is 0.264 e. The number of carbonyl (C=O) groups excluding carboxylic acids is 1. The van der Waals surface area contributed by atoms with E-state index in [0.29, 0.717) is 18.7 Å². The molecule has 1 saturated heterocycles. The number of piperazine rings is 1. The third-order valence-corrected chi connectivity index (χ3v) is 7.11. The fraction of sp³-hybridized carbons (Fsp3) is 0.381. The Bertz CT molecular complexity index is 969. The van der Waals surface area contributed by atoms with E-state index in [1.807, 2.05) is 6.07 Å². The number of nitrogens with zero attached hydrogens (tertiary/aromatic N) is 2. The highest BCUT2D eigenvalue weighted by Crippen LogP contribution is 2.17. The Morgan fingerprint density at radius 1 is 1.14 bits per heavy atom. The van der Waals surface area contributed by atoms with Crippen LogP contribution in [0.3, 0.4) is 0 Å². The second kappa shape index (κ2) is 9.04. The zero-order valence-corrected chi connectivity index (χ0v) is 17.9. The molecule has 29 heavy (non-hydrogen) atoms. The molecule has 0 unspecified atom stereocenters. The molecule has 8 heteroatoms. The lowest BCUT2D eigenvalue weighted by molar-refractivity contribution is -0.917. The van der Waals surface area contributed by atoms with Crippen LogP contribution in [0.15, 0.2) is 53.4 Å². The molecule has 2 aromatic carbocycles. The normalized spacial score (nSPS) is 15.7. The minimum absolute atomic E-state index is 0.0384. The second-order valence-corrected chi connectivity index (χ2v) is 9.21. The molecule has 1 N–H and O–H groups in total. The van der Waals surface area contributed by atoms with Gasteiger partial charge in [-0.25, -0.2) is 8.42 Å². The van der Waals surface area contributed by atoms with Crippen molar-refractivity contribution in [3.63, 3.8) is 0 Å². The minimum atomic E-state index is -3.79. The SMILES string of the molecule is CON(C)S(=O)(=O)c1cccc(C(=O)N2CC[NH+](Cc3ccccc3C)CC2)c1. The number of hydrogen-bond donors (Lipinski definition) is 1. The summed E-state index contributed by atoms with van der Waals surface area (Å²) in [5, 5.41) is 0. The van der Waals surface area contributed by atoms with Gasteiger partial charge < -0.3 is 9.80 Å². The van der Waals surface area contributed by atoms with Crippen molar-refractivity contribution in [1.82, 2.24) is 9.37 Å². The van der Waals surface area contributed by atoms with E-state index in [1.54, 1.807) is 17.0 Å². The molecule has 1 amide bonds. The number of aryl methyl sites for hydroxylation is 1. The molecule has 0 saturated carbocycles. The highest BCUT2D eigenvalue weighted by molar-refractivity contribution is 7.89. The van der Waals surface area contributed by atoms with Crippen LogP contribution in [0.2, 0.25) is 0 Å². The number of carbonyl (C=O) groups is 1. The van der Waals surface area contributed by atoms with E-state index in [4.69, 9.17) is 4.84 Å². The minimum Gasteiger partial charge on any atom is -0.328 e. The van der Waals surface area contributed by atoms with Crippen molar-refractivity contribution in [2.45, 2.75) is 18.4 Å². The lowest BCUT2D eigenvalue weighted by atomic mass is 10.1. The third kappa shape index (κ3) is 4.84. The van der Waals surface area contributed by atoms with Gasteiger partial charge in [0.05, 0.1) is 38.2 Å². The molecule has 1 heterocycles. The molecular formula is C21H28N3O4S+. The average molecular weight is 419 g/mol. The summed E-state index contributed by atoms with van der Waals surface area (Å²) < 4.78 is 25.6. The highest BCUT2D eigenvalue weighted by Gasteiger charge is 2.27. The third-order valence-electron chi connectivity index (χ3n) is 5.43. The van der Waals surface area contributed by atoms with Crippen molar-refractivity contribution in [2.24, 2.45) is 0 Å². The van der Waals surface area contributed by atoms with Crippen molar-refractivity contribution in [2.75, 3.05) is 40.3 Å². The maximum absolute atomic E-state index is 12.9. The summed E-state index contributed by atoms with van der Waals surface area (Å²) in [6, 6.07) is 14.5. The van der Waals surface area contributed by atoms with E-state index in [0.717, 1.165) is 24.1 Å². The zero-order valence-electron chi connectivity index (χ0n) is 17.1. The largest absolute Gasteiger partial charge is 0.328 e. The summed E-state index contributed by atoms with van der Waals surface area (Å²) in [6.45, 7) is 6.10. The Kier molecular flexibility index (Phi) is 6.69. The van der Waals surface area contributed by atoms with Gasteiger partial charge in [-0.05, 0) is 30.7 Å². The van der Waals surface area contributed by atoms with Crippen LogP contribution in [0.25, 0.3) is 0 Å². The molecule has 2 aromatic rings. The fourth-order valence-corrected chi connectivity index (χ4v) is 4.52. The molecule has 0 atom stereocenters. The van der Waals surface area contributed by atoms with Crippen LogP contribution in [0, 0.1) is 6.92 Å². The first-order valence-corrected chi connectivity index (χ1v) is 11.1. The summed E-state index contributed by atoms with van der Waals surface area (Å²) in [5.41, 5.74) is 3.00. The number of hydroxylamine groups is 1. The Balaban J connectivity index is 1.65. The van der Waals surface area contributed by atoms with Crippen LogP contribution in [0.1, 0.15) is 21.5 Å². The number of benzene rings is 2. The van der Waals surface area contributed by atoms with E-state index in [9.17, 15) is 13.2 Å². The predicted molar refractivity (Wildman–Crippen MR) is 110 cm³/mol. The van der Waals surface area contributed by atoms with Gasteiger partial charge in [0.15, 0.2) is 0 Å². The number of sulfonamides is 1. The number of quaternary nitrogens is 1. The standard InChI is InChI=1S/C21H27N3O4S/c1-17-7-4-5-8-19(17)16-23-11-13-24(14-12-23)21(25)18-9-6-10-20(15-18)29(26,27)22(2)28-3/h4-10,15H,11-14,16H2,1-3H3/p+1. The molecule has 0 aliphatic carbocycles. The molecule has 156 valence electrons. The molecule has 1 fully saturated rings. The molecule has 3 rings (SSSR count). The predicted octanol–water partition coefficient (Wildman–Crippen LogP) is 0.718. The van der Waals surface area contributed by atoms with Crippen LogP contribution in [0.4, 0.5) is 0 Å². The van der Waals surface area contributed by atoms with Gasteiger partial charge in [-0.1, -0.05) is 34.8 Å². The van der Waals surface area contributed by atoms with Gasteiger partial charge in [-0.2, -0.15) is 0 Å². The lowest BCUT2D eigenvalue weighted by Crippen LogP contribution is -3.13. The van der Waals surface area contributed by atoms with Crippen LogP contribution < -0.4 is 4.90 Å². The van der Waals surface area contributed by atoms with Crippen molar-refractivity contribution in [3.05, 3.63) is 65.2 Å². The molecule has 0 bridgehead atoms. The Labute approximate surface area is 172 Å². The lowest BCUT2D eigenvalue weighted by Gasteiger charge is -2.32. The first-order valence-electron chi connectivity index (χ1n) is 9.63. The summed E-state index contributed by atoms with van der Waals surface area (Å²) in [6.07, 6.45) is 0. The number of amides is 1. The van der Waals surface area contributed by atoms with E-state index in [-0.39, 0.29) is 10.8 Å². The van der Waals surface area contributed by atoms with Crippen LogP contribution in [0.5, 0.6) is 0 Å². The van der Waals surface area contributed by atoms with Gasteiger partial charge in [0.1, 0.15) is 6.54 Å². The van der Waals surface area contributed by atoms with Gasteiger partial charge in [-0.15, -0.1) is 0 Å². The van der Waals surface area contributed by atoms with Gasteiger partial charge >= 0.3 is 0 Å². The molecule has 0 radical (unpaired) electrons. The fourth-order valence-electron chi connectivity index (χ4n) is 3.50. The topological polar surface area (TPSA) is 71.4 Å².